The molecule has 1 atom stereocenters. The third-order valence-electron chi connectivity index (χ3n) is 2.33. The highest BCUT2D eigenvalue weighted by atomic mass is 16.5. The van der Waals surface area contributed by atoms with Crippen molar-refractivity contribution in [1.29, 1.82) is 0 Å². The first kappa shape index (κ1) is 11.1. The van der Waals surface area contributed by atoms with Crippen LogP contribution in [0, 0.1) is 0 Å². The minimum absolute atomic E-state index is 0.333. The third-order valence-corrected chi connectivity index (χ3v) is 2.33. The van der Waals surface area contributed by atoms with Gasteiger partial charge in [0.05, 0.1) is 13.2 Å². The average Bonchev–Trinajstić information content (AvgIpc) is 2.26. The van der Waals surface area contributed by atoms with Gasteiger partial charge in [-0.05, 0) is 24.1 Å². The molecule has 0 saturated carbocycles. The molecule has 0 bridgehead atoms. The first-order valence-corrected chi connectivity index (χ1v) is 5.10. The van der Waals surface area contributed by atoms with Gasteiger partial charge in [-0.1, -0.05) is 31.9 Å². The molecule has 1 rings (SSSR count). The second kappa shape index (κ2) is 5.66. The van der Waals surface area contributed by atoms with E-state index in [9.17, 15) is 5.11 Å². The van der Waals surface area contributed by atoms with Gasteiger partial charge in [-0.3, -0.25) is 0 Å². The van der Waals surface area contributed by atoms with Gasteiger partial charge in [0.1, 0.15) is 5.75 Å². The highest BCUT2D eigenvalue weighted by Crippen LogP contribution is 2.21. The lowest BCUT2D eigenvalue weighted by molar-refractivity contribution is 0.164. The number of hydrogen-bond acceptors (Lipinski definition) is 2. The van der Waals surface area contributed by atoms with E-state index in [-0.39, 0.29) is 6.10 Å². The maximum Gasteiger partial charge on any atom is 0.118 e. The highest BCUT2D eigenvalue weighted by molar-refractivity contribution is 5.28. The lowest BCUT2D eigenvalue weighted by Crippen LogP contribution is -1.96. The molecule has 0 aliphatic carbocycles. The summed E-state index contributed by atoms with van der Waals surface area (Å²) in [6.07, 6.45) is 2.68. The monoisotopic (exact) mass is 194 g/mol. The van der Waals surface area contributed by atoms with Crippen molar-refractivity contribution in [3.63, 3.8) is 0 Å². The van der Waals surface area contributed by atoms with Crippen molar-refractivity contribution in [3.05, 3.63) is 29.8 Å². The fourth-order valence-electron chi connectivity index (χ4n) is 1.39. The number of methoxy groups -OCH3 is 1. The molecule has 0 heterocycles. The summed E-state index contributed by atoms with van der Waals surface area (Å²) >= 11 is 0. The Hall–Kier alpha value is -1.02. The van der Waals surface area contributed by atoms with Gasteiger partial charge in [-0.15, -0.1) is 0 Å². The maximum absolute atomic E-state index is 9.77. The zero-order valence-electron chi connectivity index (χ0n) is 8.86. The van der Waals surface area contributed by atoms with E-state index in [2.05, 4.69) is 6.92 Å². The van der Waals surface area contributed by atoms with E-state index in [1.54, 1.807) is 7.11 Å². The quantitative estimate of drug-likeness (QED) is 0.781. The lowest BCUT2D eigenvalue weighted by Gasteiger charge is -2.10. The predicted octanol–water partition coefficient (Wildman–Crippen LogP) is 2.92. The van der Waals surface area contributed by atoms with Crippen LogP contribution < -0.4 is 4.74 Å². The fraction of sp³-hybridized carbons (Fsp3) is 0.500. The molecule has 0 saturated heterocycles. The predicted molar refractivity (Wildman–Crippen MR) is 57.5 cm³/mol. The van der Waals surface area contributed by atoms with E-state index in [4.69, 9.17) is 4.74 Å². The first-order valence-electron chi connectivity index (χ1n) is 5.10. The van der Waals surface area contributed by atoms with E-state index in [0.29, 0.717) is 0 Å². The molecule has 78 valence electrons. The second-order valence-electron chi connectivity index (χ2n) is 3.43. The van der Waals surface area contributed by atoms with Gasteiger partial charge in [0, 0.05) is 0 Å². The van der Waals surface area contributed by atoms with Gasteiger partial charge in [-0.2, -0.15) is 0 Å². The van der Waals surface area contributed by atoms with Crippen LogP contribution in [0.4, 0.5) is 0 Å². The molecule has 0 amide bonds. The summed E-state index contributed by atoms with van der Waals surface area (Å²) in [5, 5.41) is 9.77. The number of rotatable bonds is 5. The number of aliphatic hydroxyl groups is 1. The molecule has 2 heteroatoms. The van der Waals surface area contributed by atoms with Crippen molar-refractivity contribution < 1.29 is 9.84 Å². The number of ether oxygens (including phenoxy) is 1. The Morgan fingerprint density at radius 2 is 1.93 bits per heavy atom. The molecule has 0 aromatic heterocycles. The number of unbranched alkanes of at least 4 members (excludes halogenated alkanes) is 1. The van der Waals surface area contributed by atoms with Crippen molar-refractivity contribution in [2.75, 3.05) is 7.11 Å². The van der Waals surface area contributed by atoms with Crippen LogP contribution in [-0.4, -0.2) is 12.2 Å². The van der Waals surface area contributed by atoms with Gasteiger partial charge < -0.3 is 9.84 Å². The Bertz CT molecular complexity index is 254. The summed E-state index contributed by atoms with van der Waals surface area (Å²) in [6, 6.07) is 7.59. The van der Waals surface area contributed by atoms with E-state index in [0.717, 1.165) is 30.6 Å². The van der Waals surface area contributed by atoms with Crippen LogP contribution in [0.5, 0.6) is 5.75 Å². The normalized spacial score (nSPS) is 12.5. The van der Waals surface area contributed by atoms with Crippen LogP contribution in [-0.2, 0) is 0 Å². The Balaban J connectivity index is 2.57. The lowest BCUT2D eigenvalue weighted by atomic mass is 10.0. The molecule has 1 unspecified atom stereocenters. The minimum atomic E-state index is -0.333. The van der Waals surface area contributed by atoms with Gasteiger partial charge in [0.15, 0.2) is 0 Å². The summed E-state index contributed by atoms with van der Waals surface area (Å²) in [7, 11) is 1.64. The second-order valence-corrected chi connectivity index (χ2v) is 3.43. The Kier molecular flexibility index (Phi) is 4.47. The van der Waals surface area contributed by atoms with Crippen LogP contribution in [0.1, 0.15) is 37.9 Å². The van der Waals surface area contributed by atoms with Gasteiger partial charge in [-0.25, -0.2) is 0 Å². The molecular weight excluding hydrogens is 176 g/mol. The number of aliphatic hydroxyl groups excluding tert-OH is 1. The van der Waals surface area contributed by atoms with Crippen LogP contribution in [0.25, 0.3) is 0 Å². The van der Waals surface area contributed by atoms with Crippen molar-refractivity contribution in [2.45, 2.75) is 32.3 Å². The molecule has 1 N–H and O–H groups in total. The summed E-state index contributed by atoms with van der Waals surface area (Å²) < 4.78 is 5.05. The molecule has 0 aliphatic heterocycles. The molecule has 14 heavy (non-hydrogen) atoms. The number of hydrogen-bond donors (Lipinski definition) is 1. The molecule has 2 nitrogen and oxygen atoms in total. The summed E-state index contributed by atoms with van der Waals surface area (Å²) in [5.74, 6) is 0.830. The molecule has 0 radical (unpaired) electrons. The highest BCUT2D eigenvalue weighted by Gasteiger charge is 2.05. The zero-order valence-corrected chi connectivity index (χ0v) is 8.86. The SMILES string of the molecule is CCCCC(O)c1ccc(OC)cc1. The fourth-order valence-corrected chi connectivity index (χ4v) is 1.39. The van der Waals surface area contributed by atoms with Gasteiger partial charge >= 0.3 is 0 Å². The van der Waals surface area contributed by atoms with Crippen LogP contribution in [0.2, 0.25) is 0 Å². The average molecular weight is 194 g/mol. The summed E-state index contributed by atoms with van der Waals surface area (Å²) in [6.45, 7) is 2.13. The largest absolute Gasteiger partial charge is 0.497 e. The van der Waals surface area contributed by atoms with Gasteiger partial charge in [0.2, 0.25) is 0 Å². The van der Waals surface area contributed by atoms with Crippen molar-refractivity contribution in [2.24, 2.45) is 0 Å². The zero-order chi connectivity index (χ0) is 10.4. The van der Waals surface area contributed by atoms with Crippen LogP contribution in [0.15, 0.2) is 24.3 Å². The smallest absolute Gasteiger partial charge is 0.118 e. The Morgan fingerprint density at radius 1 is 1.29 bits per heavy atom. The molecule has 1 aromatic rings. The van der Waals surface area contributed by atoms with E-state index < -0.39 is 0 Å². The van der Waals surface area contributed by atoms with E-state index in [1.165, 1.54) is 0 Å². The molecule has 0 spiro atoms. The summed E-state index contributed by atoms with van der Waals surface area (Å²) in [5.41, 5.74) is 0.972. The summed E-state index contributed by atoms with van der Waals surface area (Å²) in [4.78, 5) is 0. The number of benzene rings is 1. The molecule has 0 aliphatic rings. The molecule has 1 aromatic carbocycles. The van der Waals surface area contributed by atoms with E-state index in [1.807, 2.05) is 24.3 Å². The topological polar surface area (TPSA) is 29.5 Å². The molecular formula is C12H18O2. The van der Waals surface area contributed by atoms with Crippen LogP contribution >= 0.6 is 0 Å². The van der Waals surface area contributed by atoms with Crippen molar-refractivity contribution in [1.82, 2.24) is 0 Å². The molecule has 0 fully saturated rings. The third kappa shape index (κ3) is 3.04. The standard InChI is InChI=1S/C12H18O2/c1-3-4-5-12(13)10-6-8-11(14-2)9-7-10/h6-9,12-13H,3-5H2,1-2H3. The first-order chi connectivity index (χ1) is 6.77. The Morgan fingerprint density at radius 3 is 2.43 bits per heavy atom. The van der Waals surface area contributed by atoms with Crippen molar-refractivity contribution >= 4 is 0 Å². The van der Waals surface area contributed by atoms with Gasteiger partial charge in [0.25, 0.3) is 0 Å². The van der Waals surface area contributed by atoms with Crippen molar-refractivity contribution in [3.8, 4) is 5.75 Å². The Labute approximate surface area is 85.5 Å². The maximum atomic E-state index is 9.77. The van der Waals surface area contributed by atoms with E-state index >= 15 is 0 Å². The minimum Gasteiger partial charge on any atom is -0.497 e. The van der Waals surface area contributed by atoms with Crippen LogP contribution in [0.3, 0.4) is 0 Å².